The van der Waals surface area contributed by atoms with E-state index in [1.807, 2.05) is 0 Å². The van der Waals surface area contributed by atoms with E-state index in [2.05, 4.69) is 5.73 Å². The minimum absolute atomic E-state index is 0.302. The van der Waals surface area contributed by atoms with Crippen molar-refractivity contribution >= 4 is 21.7 Å². The second-order valence-electron chi connectivity index (χ2n) is 2.65. The maximum absolute atomic E-state index is 12.6. The SMILES string of the molecule is NC(=O)NS(=O)(=O)c1ccc(F)cc1N. The van der Waals surface area contributed by atoms with E-state index in [4.69, 9.17) is 5.73 Å². The Morgan fingerprint density at radius 1 is 1.40 bits per heavy atom. The number of rotatable bonds is 2. The molecule has 0 aliphatic carbocycles. The predicted octanol–water partition coefficient (Wildman–Crippen LogP) is -0.235. The van der Waals surface area contributed by atoms with Crippen LogP contribution in [0.2, 0.25) is 0 Å². The van der Waals surface area contributed by atoms with Crippen molar-refractivity contribution in [3.05, 3.63) is 24.0 Å². The maximum atomic E-state index is 12.6. The van der Waals surface area contributed by atoms with Gasteiger partial charge in [0.25, 0.3) is 10.0 Å². The number of nitrogens with one attached hydrogen (secondary N) is 1. The van der Waals surface area contributed by atoms with Gasteiger partial charge in [0.15, 0.2) is 0 Å². The number of sulfonamides is 1. The van der Waals surface area contributed by atoms with Crippen LogP contribution in [0.3, 0.4) is 0 Å². The largest absolute Gasteiger partial charge is 0.398 e. The topological polar surface area (TPSA) is 115 Å². The van der Waals surface area contributed by atoms with Gasteiger partial charge in [0.05, 0.1) is 5.69 Å². The van der Waals surface area contributed by atoms with E-state index in [-0.39, 0.29) is 5.69 Å². The number of hydrogen-bond donors (Lipinski definition) is 3. The van der Waals surface area contributed by atoms with E-state index in [1.54, 1.807) is 0 Å². The Hall–Kier alpha value is -1.83. The number of carbonyl (C=O) groups excluding carboxylic acids is 1. The molecule has 0 aromatic heterocycles. The molecule has 0 spiro atoms. The Labute approximate surface area is 85.1 Å². The summed E-state index contributed by atoms with van der Waals surface area (Å²) in [5.41, 5.74) is 9.62. The Balaban J connectivity index is 3.22. The lowest BCUT2D eigenvalue weighted by atomic mass is 10.3. The highest BCUT2D eigenvalue weighted by Crippen LogP contribution is 2.18. The van der Waals surface area contributed by atoms with Gasteiger partial charge in [-0.05, 0) is 18.2 Å². The molecule has 1 aromatic carbocycles. The molecule has 0 heterocycles. The van der Waals surface area contributed by atoms with Crippen molar-refractivity contribution in [3.8, 4) is 0 Å². The number of nitrogen functional groups attached to an aromatic ring is 1. The quantitative estimate of drug-likeness (QED) is 0.611. The van der Waals surface area contributed by atoms with Crippen LogP contribution in [0.5, 0.6) is 0 Å². The number of hydrogen-bond acceptors (Lipinski definition) is 4. The summed E-state index contributed by atoms with van der Waals surface area (Å²) in [6, 6.07) is 1.44. The number of carbonyl (C=O) groups is 1. The average Bonchev–Trinajstić information content (AvgIpc) is 1.99. The molecule has 0 saturated carbocycles. The van der Waals surface area contributed by atoms with Crippen molar-refractivity contribution < 1.29 is 17.6 Å². The zero-order valence-corrected chi connectivity index (χ0v) is 8.21. The molecule has 0 radical (unpaired) electrons. The van der Waals surface area contributed by atoms with Crippen molar-refractivity contribution in [3.63, 3.8) is 0 Å². The monoisotopic (exact) mass is 233 g/mol. The van der Waals surface area contributed by atoms with Gasteiger partial charge in [-0.1, -0.05) is 0 Å². The fraction of sp³-hybridized carbons (Fsp3) is 0. The molecule has 15 heavy (non-hydrogen) atoms. The zero-order valence-electron chi connectivity index (χ0n) is 7.40. The second kappa shape index (κ2) is 3.73. The first-order valence-corrected chi connectivity index (χ1v) is 5.18. The molecule has 1 aromatic rings. The van der Waals surface area contributed by atoms with Crippen LogP contribution in [0.4, 0.5) is 14.9 Å². The number of benzene rings is 1. The summed E-state index contributed by atoms with van der Waals surface area (Å²) in [4.78, 5) is 9.98. The lowest BCUT2D eigenvalue weighted by Gasteiger charge is -2.06. The second-order valence-corrected chi connectivity index (χ2v) is 4.30. The highest BCUT2D eigenvalue weighted by atomic mass is 32.2. The molecule has 0 fully saturated rings. The first kappa shape index (κ1) is 11.2. The predicted molar refractivity (Wildman–Crippen MR) is 50.7 cm³/mol. The van der Waals surface area contributed by atoms with Crippen LogP contribution in [-0.4, -0.2) is 14.4 Å². The Morgan fingerprint density at radius 3 is 2.47 bits per heavy atom. The third-order valence-electron chi connectivity index (χ3n) is 1.50. The minimum Gasteiger partial charge on any atom is -0.398 e. The van der Waals surface area contributed by atoms with Gasteiger partial charge >= 0.3 is 6.03 Å². The molecule has 2 amide bonds. The average molecular weight is 233 g/mol. The molecular formula is C7H8FN3O3S. The van der Waals surface area contributed by atoms with E-state index in [1.165, 1.54) is 4.72 Å². The molecule has 1 rings (SSSR count). The van der Waals surface area contributed by atoms with Crippen LogP contribution < -0.4 is 16.2 Å². The summed E-state index contributed by atoms with van der Waals surface area (Å²) in [7, 11) is -4.12. The minimum atomic E-state index is -4.12. The highest BCUT2D eigenvalue weighted by Gasteiger charge is 2.19. The van der Waals surface area contributed by atoms with E-state index in [0.717, 1.165) is 18.2 Å². The molecule has 8 heteroatoms. The van der Waals surface area contributed by atoms with Crippen molar-refractivity contribution in [1.82, 2.24) is 4.72 Å². The smallest absolute Gasteiger partial charge is 0.326 e. The number of primary amides is 1. The third-order valence-corrected chi connectivity index (χ3v) is 2.92. The summed E-state index contributed by atoms with van der Waals surface area (Å²) in [6.45, 7) is 0. The standard InChI is InChI=1S/C7H8FN3O3S/c8-4-1-2-6(5(9)3-4)15(13,14)11-7(10)12/h1-3H,9H2,(H3,10,11,12). The molecule has 6 nitrogen and oxygen atoms in total. The molecule has 0 aliphatic heterocycles. The Morgan fingerprint density at radius 2 is 2.00 bits per heavy atom. The van der Waals surface area contributed by atoms with Gasteiger partial charge in [-0.15, -0.1) is 0 Å². The lowest BCUT2D eigenvalue weighted by molar-refractivity contribution is 0.253. The molecule has 0 aliphatic rings. The van der Waals surface area contributed by atoms with Gasteiger partial charge in [0.2, 0.25) is 0 Å². The van der Waals surface area contributed by atoms with Crippen molar-refractivity contribution in [2.45, 2.75) is 4.90 Å². The van der Waals surface area contributed by atoms with Crippen LogP contribution >= 0.6 is 0 Å². The summed E-state index contributed by atoms with van der Waals surface area (Å²) >= 11 is 0. The van der Waals surface area contributed by atoms with E-state index in [9.17, 15) is 17.6 Å². The number of nitrogens with two attached hydrogens (primary N) is 2. The normalized spacial score (nSPS) is 11.0. The molecule has 0 unspecified atom stereocenters. The van der Waals surface area contributed by atoms with E-state index in [0.29, 0.717) is 0 Å². The molecule has 0 saturated heterocycles. The van der Waals surface area contributed by atoms with Crippen LogP contribution in [0, 0.1) is 5.82 Å². The van der Waals surface area contributed by atoms with Crippen LogP contribution in [-0.2, 0) is 10.0 Å². The van der Waals surface area contributed by atoms with Crippen LogP contribution in [0.1, 0.15) is 0 Å². The summed E-state index contributed by atoms with van der Waals surface area (Å²) in [6.07, 6.45) is 0. The zero-order chi connectivity index (χ0) is 11.6. The fourth-order valence-corrected chi connectivity index (χ4v) is 1.94. The first-order chi connectivity index (χ1) is 6.83. The van der Waals surface area contributed by atoms with Crippen molar-refractivity contribution in [2.24, 2.45) is 5.73 Å². The maximum Gasteiger partial charge on any atom is 0.326 e. The first-order valence-electron chi connectivity index (χ1n) is 3.70. The van der Waals surface area contributed by atoms with Gasteiger partial charge in [0, 0.05) is 0 Å². The summed E-state index contributed by atoms with van der Waals surface area (Å²) in [5, 5.41) is 0. The Kier molecular flexibility index (Phi) is 2.80. The number of halogens is 1. The van der Waals surface area contributed by atoms with Crippen molar-refractivity contribution in [1.29, 1.82) is 0 Å². The lowest BCUT2D eigenvalue weighted by Crippen LogP contribution is -2.35. The molecule has 0 atom stereocenters. The van der Waals surface area contributed by atoms with E-state index >= 15 is 0 Å². The summed E-state index contributed by atoms with van der Waals surface area (Å²) < 4.78 is 36.8. The van der Waals surface area contributed by atoms with Gasteiger partial charge in [-0.25, -0.2) is 22.3 Å². The van der Waals surface area contributed by atoms with Gasteiger partial charge < -0.3 is 11.5 Å². The van der Waals surface area contributed by atoms with Crippen LogP contribution in [0.25, 0.3) is 0 Å². The molecular weight excluding hydrogens is 225 g/mol. The van der Waals surface area contributed by atoms with Crippen molar-refractivity contribution in [2.75, 3.05) is 5.73 Å². The molecule has 82 valence electrons. The third kappa shape index (κ3) is 2.56. The fourth-order valence-electron chi connectivity index (χ4n) is 0.951. The number of urea groups is 1. The highest BCUT2D eigenvalue weighted by molar-refractivity contribution is 7.90. The van der Waals surface area contributed by atoms with Gasteiger partial charge in [-0.3, -0.25) is 0 Å². The number of anilines is 1. The van der Waals surface area contributed by atoms with Crippen LogP contribution in [0.15, 0.2) is 23.1 Å². The summed E-state index contributed by atoms with van der Waals surface area (Å²) in [5.74, 6) is -0.675. The van der Waals surface area contributed by atoms with Gasteiger partial charge in [-0.2, -0.15) is 0 Å². The van der Waals surface area contributed by atoms with E-state index < -0.39 is 26.8 Å². The number of amides is 2. The Bertz CT molecular complexity index is 500. The molecule has 5 N–H and O–H groups in total. The van der Waals surface area contributed by atoms with Gasteiger partial charge in [0.1, 0.15) is 10.7 Å². The molecule has 0 bridgehead atoms.